The van der Waals surface area contributed by atoms with E-state index in [1.54, 1.807) is 24.3 Å². The first-order valence-electron chi connectivity index (χ1n) is 8.68. The molecule has 0 bridgehead atoms. The summed E-state index contributed by atoms with van der Waals surface area (Å²) in [6.07, 6.45) is -4.76. The minimum atomic E-state index is -4.76. The molecule has 2 aromatic carbocycles. The highest BCUT2D eigenvalue weighted by Crippen LogP contribution is 2.39. The normalized spacial score (nSPS) is 12.9. The van der Waals surface area contributed by atoms with Crippen LogP contribution in [-0.4, -0.2) is 14.7 Å². The number of alkyl halides is 3. The second-order valence-electron chi connectivity index (χ2n) is 8.01. The van der Waals surface area contributed by atoms with Crippen LogP contribution in [0.4, 0.5) is 18.9 Å². The van der Waals surface area contributed by atoms with Crippen molar-refractivity contribution in [3.05, 3.63) is 48.0 Å². The Kier molecular flexibility index (Phi) is 5.96. The van der Waals surface area contributed by atoms with Crippen LogP contribution in [0.25, 0.3) is 11.1 Å². The molecule has 0 heterocycles. The fraction of sp³-hybridized carbons (Fsp3) is 0.400. The van der Waals surface area contributed by atoms with Gasteiger partial charge in [-0.05, 0) is 41.9 Å². The van der Waals surface area contributed by atoms with Gasteiger partial charge in [-0.15, -0.1) is 13.2 Å². The van der Waals surface area contributed by atoms with Crippen LogP contribution in [0.2, 0.25) is 18.1 Å². The molecule has 0 aliphatic heterocycles. The van der Waals surface area contributed by atoms with Gasteiger partial charge in [-0.3, -0.25) is 0 Å². The summed E-state index contributed by atoms with van der Waals surface area (Å²) in [5, 5.41) is -0.0560. The summed E-state index contributed by atoms with van der Waals surface area (Å²) in [5.41, 5.74) is 8.38. The largest absolute Gasteiger partial charge is 0.573 e. The molecule has 0 atom stereocenters. The van der Waals surface area contributed by atoms with Gasteiger partial charge in [0.1, 0.15) is 5.75 Å². The number of halogens is 3. The first-order chi connectivity index (χ1) is 12.3. The Labute approximate surface area is 159 Å². The van der Waals surface area contributed by atoms with Crippen molar-refractivity contribution in [2.24, 2.45) is 0 Å². The summed E-state index contributed by atoms with van der Waals surface area (Å²) in [5.74, 6) is -0.250. The maximum absolute atomic E-state index is 12.8. The highest BCUT2D eigenvalue weighted by Gasteiger charge is 2.38. The molecule has 2 rings (SSSR count). The second kappa shape index (κ2) is 7.56. The Morgan fingerprint density at radius 3 is 2.19 bits per heavy atom. The third-order valence-corrected chi connectivity index (χ3v) is 9.43. The SMILES string of the molecule is CC(C)(C)[Si](C)(C)OCc1cc(-c2ccccc2N)ccc1OC(F)(F)F. The van der Waals surface area contributed by atoms with Gasteiger partial charge in [0, 0.05) is 16.8 Å². The fourth-order valence-corrected chi connectivity index (χ4v) is 3.27. The van der Waals surface area contributed by atoms with Crippen molar-refractivity contribution in [3.63, 3.8) is 0 Å². The molecule has 3 nitrogen and oxygen atoms in total. The van der Waals surface area contributed by atoms with Crippen LogP contribution in [0.1, 0.15) is 26.3 Å². The van der Waals surface area contributed by atoms with Gasteiger partial charge in [0.15, 0.2) is 8.32 Å². The van der Waals surface area contributed by atoms with Gasteiger partial charge >= 0.3 is 6.36 Å². The van der Waals surface area contributed by atoms with Gasteiger partial charge in [0.05, 0.1) is 6.61 Å². The van der Waals surface area contributed by atoms with E-state index >= 15 is 0 Å². The van der Waals surface area contributed by atoms with E-state index in [2.05, 4.69) is 38.6 Å². The van der Waals surface area contributed by atoms with Crippen LogP contribution in [-0.2, 0) is 11.0 Å². The zero-order chi connectivity index (χ0) is 20.5. The maximum atomic E-state index is 12.8. The lowest BCUT2D eigenvalue weighted by Gasteiger charge is -2.36. The van der Waals surface area contributed by atoms with Crippen LogP contribution < -0.4 is 10.5 Å². The van der Waals surface area contributed by atoms with Crippen LogP contribution in [0.15, 0.2) is 42.5 Å². The summed E-state index contributed by atoms with van der Waals surface area (Å²) in [6, 6.07) is 11.8. The Bertz CT molecular complexity index is 799. The Morgan fingerprint density at radius 1 is 1.00 bits per heavy atom. The topological polar surface area (TPSA) is 44.5 Å². The van der Waals surface area contributed by atoms with E-state index in [-0.39, 0.29) is 17.4 Å². The lowest BCUT2D eigenvalue weighted by molar-refractivity contribution is -0.275. The molecule has 0 saturated carbocycles. The number of nitrogens with two attached hydrogens (primary N) is 1. The second-order valence-corrected chi connectivity index (χ2v) is 12.8. The average molecular weight is 398 g/mol. The number of benzene rings is 2. The molecule has 0 saturated heterocycles. The van der Waals surface area contributed by atoms with Gasteiger partial charge in [0.25, 0.3) is 0 Å². The van der Waals surface area contributed by atoms with Crippen LogP contribution >= 0.6 is 0 Å². The van der Waals surface area contributed by atoms with Crippen LogP contribution in [0, 0.1) is 0 Å². The predicted molar refractivity (Wildman–Crippen MR) is 105 cm³/mol. The standard InChI is InChI=1S/C20H26F3NO2Si/c1-19(2,3)27(4,5)25-13-15-12-14(16-8-6-7-9-17(16)24)10-11-18(15)26-20(21,22)23/h6-12H,13,24H2,1-5H3. The lowest BCUT2D eigenvalue weighted by atomic mass is 10.0. The van der Waals surface area contributed by atoms with Crippen LogP contribution in [0.3, 0.4) is 0 Å². The van der Waals surface area contributed by atoms with Crippen molar-refractivity contribution >= 4 is 14.0 Å². The minimum Gasteiger partial charge on any atom is -0.412 e. The van der Waals surface area contributed by atoms with E-state index in [9.17, 15) is 13.2 Å². The monoisotopic (exact) mass is 397 g/mol. The van der Waals surface area contributed by atoms with E-state index in [4.69, 9.17) is 10.2 Å². The van der Waals surface area contributed by atoms with Crippen molar-refractivity contribution in [2.45, 2.75) is 51.9 Å². The van der Waals surface area contributed by atoms with Crippen molar-refractivity contribution in [1.29, 1.82) is 0 Å². The van der Waals surface area contributed by atoms with Crippen molar-refractivity contribution in [3.8, 4) is 16.9 Å². The Morgan fingerprint density at radius 2 is 1.63 bits per heavy atom. The number of nitrogen functional groups attached to an aromatic ring is 1. The molecule has 2 N–H and O–H groups in total. The predicted octanol–water partition coefficient (Wildman–Crippen LogP) is 6.36. The van der Waals surface area contributed by atoms with E-state index in [1.165, 1.54) is 6.07 Å². The summed E-state index contributed by atoms with van der Waals surface area (Å²) in [7, 11) is -2.14. The zero-order valence-electron chi connectivity index (χ0n) is 16.3. The summed E-state index contributed by atoms with van der Waals surface area (Å²) in [4.78, 5) is 0. The van der Waals surface area contributed by atoms with Gasteiger partial charge < -0.3 is 14.9 Å². The third-order valence-electron chi connectivity index (χ3n) is 4.95. The van der Waals surface area contributed by atoms with Crippen molar-refractivity contribution in [2.75, 3.05) is 5.73 Å². The van der Waals surface area contributed by atoms with Gasteiger partial charge in [0.2, 0.25) is 0 Å². The first-order valence-corrected chi connectivity index (χ1v) is 11.6. The van der Waals surface area contributed by atoms with Crippen molar-refractivity contribution in [1.82, 2.24) is 0 Å². The molecule has 0 amide bonds. The molecule has 0 unspecified atom stereocenters. The first kappa shape index (κ1) is 21.3. The fourth-order valence-electron chi connectivity index (χ4n) is 2.32. The molecule has 0 fully saturated rings. The van der Waals surface area contributed by atoms with E-state index < -0.39 is 14.7 Å². The number of hydrogen-bond acceptors (Lipinski definition) is 3. The number of hydrogen-bond donors (Lipinski definition) is 1. The van der Waals surface area contributed by atoms with E-state index in [0.717, 1.165) is 11.1 Å². The maximum Gasteiger partial charge on any atom is 0.573 e. The molecule has 0 aliphatic rings. The molecular formula is C20H26F3NO2Si. The third kappa shape index (κ3) is 5.49. The number of para-hydroxylation sites is 1. The van der Waals surface area contributed by atoms with Crippen LogP contribution in [0.5, 0.6) is 5.75 Å². The number of rotatable bonds is 5. The summed E-state index contributed by atoms with van der Waals surface area (Å²) in [6.45, 7) is 10.4. The number of anilines is 1. The smallest absolute Gasteiger partial charge is 0.412 e. The van der Waals surface area contributed by atoms with E-state index in [1.807, 2.05) is 12.1 Å². The van der Waals surface area contributed by atoms with Crippen molar-refractivity contribution < 1.29 is 22.3 Å². The zero-order valence-corrected chi connectivity index (χ0v) is 17.3. The Balaban J connectivity index is 2.41. The Hall–Kier alpha value is -1.99. The average Bonchev–Trinajstić information content (AvgIpc) is 2.52. The molecule has 0 aliphatic carbocycles. The van der Waals surface area contributed by atoms with Gasteiger partial charge in [-0.25, -0.2) is 0 Å². The summed E-state index contributed by atoms with van der Waals surface area (Å²) >= 11 is 0. The number of ether oxygens (including phenoxy) is 1. The van der Waals surface area contributed by atoms with Gasteiger partial charge in [-0.1, -0.05) is 45.0 Å². The summed E-state index contributed by atoms with van der Waals surface area (Å²) < 4.78 is 48.7. The highest BCUT2D eigenvalue weighted by atomic mass is 28.4. The molecule has 27 heavy (non-hydrogen) atoms. The molecular weight excluding hydrogens is 371 g/mol. The lowest BCUT2D eigenvalue weighted by Crippen LogP contribution is -2.40. The molecule has 2 aromatic rings. The molecule has 0 radical (unpaired) electrons. The van der Waals surface area contributed by atoms with E-state index in [0.29, 0.717) is 11.3 Å². The molecule has 7 heteroatoms. The molecule has 148 valence electrons. The quantitative estimate of drug-likeness (QED) is 0.472. The molecule has 0 aromatic heterocycles. The highest BCUT2D eigenvalue weighted by molar-refractivity contribution is 6.74. The van der Waals surface area contributed by atoms with Gasteiger partial charge in [-0.2, -0.15) is 0 Å². The molecule has 0 spiro atoms. The minimum absolute atomic E-state index is 0.0441.